The number of hydrazine groups is 1. The highest BCUT2D eigenvalue weighted by Crippen LogP contribution is 2.42. The normalized spacial score (nSPS) is 38.8. The van der Waals surface area contributed by atoms with Gasteiger partial charge in [0.2, 0.25) is 0 Å². The third-order valence-corrected chi connectivity index (χ3v) is 10.5. The zero-order chi connectivity index (χ0) is 22.3. The molecule has 1 saturated carbocycles. The van der Waals surface area contributed by atoms with Crippen LogP contribution in [0, 0.1) is 29.6 Å². The van der Waals surface area contributed by atoms with Gasteiger partial charge in [0.1, 0.15) is 0 Å². The zero-order valence-corrected chi connectivity index (χ0v) is 20.2. The number of rotatable bonds is 5. The molecule has 3 N–H and O–H groups in total. The van der Waals surface area contributed by atoms with Gasteiger partial charge < -0.3 is 15.5 Å². The third kappa shape index (κ3) is 4.38. The molecule has 3 heterocycles. The summed E-state index contributed by atoms with van der Waals surface area (Å²) in [5, 5.41) is 7.51. The minimum atomic E-state index is -3.49. The van der Waals surface area contributed by atoms with Gasteiger partial charge in [-0.25, -0.2) is 13.8 Å². The summed E-state index contributed by atoms with van der Waals surface area (Å²) in [4.78, 5) is 2.76. The number of benzene rings is 1. The van der Waals surface area contributed by atoms with E-state index in [0.717, 1.165) is 37.5 Å². The van der Waals surface area contributed by atoms with Gasteiger partial charge in [-0.1, -0.05) is 18.2 Å². The van der Waals surface area contributed by atoms with E-state index in [4.69, 9.17) is 0 Å². The molecular weight excluding hydrogens is 422 g/mol. The van der Waals surface area contributed by atoms with Crippen molar-refractivity contribution in [3.8, 4) is 0 Å². The first-order chi connectivity index (χ1) is 15.4. The van der Waals surface area contributed by atoms with E-state index in [-0.39, 0.29) is 0 Å². The first-order valence-electron chi connectivity index (χ1n) is 12.4. The van der Waals surface area contributed by atoms with Crippen molar-refractivity contribution in [3.05, 3.63) is 30.3 Å². The summed E-state index contributed by atoms with van der Waals surface area (Å²) in [5.74, 6) is 3.03. The van der Waals surface area contributed by atoms with Crippen LogP contribution < -0.4 is 16.1 Å². The third-order valence-electron chi connectivity index (χ3n) is 8.73. The molecule has 0 radical (unpaired) electrons. The largest absolute Gasteiger partial charge is 0.306 e. The molecule has 3 saturated heterocycles. The van der Waals surface area contributed by atoms with Crippen LogP contribution in [0.15, 0.2) is 35.2 Å². The summed E-state index contributed by atoms with van der Waals surface area (Å²) in [7, 11) is 0.935. The minimum Gasteiger partial charge on any atom is -0.306 e. The Morgan fingerprint density at radius 2 is 1.59 bits per heavy atom. The van der Waals surface area contributed by atoms with Crippen LogP contribution in [-0.2, 0) is 10.0 Å². The number of hydrogen-bond donors (Lipinski definition) is 3. The van der Waals surface area contributed by atoms with Gasteiger partial charge in [0.15, 0.2) is 0 Å². The molecule has 32 heavy (non-hydrogen) atoms. The van der Waals surface area contributed by atoms with Crippen LogP contribution >= 0.6 is 0 Å². The topological polar surface area (TPSA) is 76.7 Å². The number of piperidine rings is 1. The SMILES string of the molecule is CN(C)C1CCC(C2CNC3NCC(C4CNN(S(=O)(=O)c5ccccc5)C4)C3C2)CC1. The van der Waals surface area contributed by atoms with Gasteiger partial charge in [-0.2, -0.15) is 0 Å². The molecule has 0 aromatic heterocycles. The highest BCUT2D eigenvalue weighted by Gasteiger charge is 2.47. The predicted molar refractivity (Wildman–Crippen MR) is 126 cm³/mol. The Morgan fingerprint density at radius 3 is 2.31 bits per heavy atom. The number of nitrogens with one attached hydrogen (secondary N) is 3. The van der Waals surface area contributed by atoms with Gasteiger partial charge in [-0.3, -0.25) is 0 Å². The smallest absolute Gasteiger partial charge is 0.255 e. The Hall–Kier alpha value is -1.03. The summed E-state index contributed by atoms with van der Waals surface area (Å²) in [6, 6.07) is 9.52. The maximum atomic E-state index is 13.0. The molecule has 7 nitrogen and oxygen atoms in total. The van der Waals surface area contributed by atoms with Crippen molar-refractivity contribution in [1.29, 1.82) is 0 Å². The first-order valence-corrected chi connectivity index (χ1v) is 13.8. The maximum Gasteiger partial charge on any atom is 0.255 e. The Bertz CT molecular complexity index is 872. The van der Waals surface area contributed by atoms with Crippen molar-refractivity contribution < 1.29 is 8.42 Å². The average Bonchev–Trinajstić information content (AvgIpc) is 3.47. The molecule has 5 atom stereocenters. The second kappa shape index (κ2) is 9.31. The molecule has 8 heteroatoms. The van der Waals surface area contributed by atoms with Crippen LogP contribution in [-0.4, -0.2) is 70.2 Å². The van der Waals surface area contributed by atoms with Crippen LogP contribution in [0.5, 0.6) is 0 Å². The molecule has 5 unspecified atom stereocenters. The van der Waals surface area contributed by atoms with Gasteiger partial charge in [0.05, 0.1) is 11.1 Å². The van der Waals surface area contributed by atoms with Crippen LogP contribution in [0.4, 0.5) is 0 Å². The quantitative estimate of drug-likeness (QED) is 0.620. The van der Waals surface area contributed by atoms with Crippen molar-refractivity contribution in [2.75, 3.05) is 40.3 Å². The van der Waals surface area contributed by atoms with E-state index in [2.05, 4.69) is 35.1 Å². The van der Waals surface area contributed by atoms with E-state index in [9.17, 15) is 8.42 Å². The molecule has 0 bridgehead atoms. The lowest BCUT2D eigenvalue weighted by Gasteiger charge is -2.42. The molecule has 1 aromatic carbocycles. The molecule has 3 aliphatic heterocycles. The minimum absolute atomic E-state index is 0.348. The zero-order valence-electron chi connectivity index (χ0n) is 19.4. The van der Waals surface area contributed by atoms with Crippen molar-refractivity contribution >= 4 is 10.0 Å². The summed E-state index contributed by atoms with van der Waals surface area (Å²) >= 11 is 0. The fraction of sp³-hybridized carbons (Fsp3) is 0.750. The van der Waals surface area contributed by atoms with Gasteiger partial charge in [-0.15, -0.1) is 4.41 Å². The highest BCUT2D eigenvalue weighted by molar-refractivity contribution is 7.89. The summed E-state index contributed by atoms with van der Waals surface area (Å²) < 4.78 is 27.6. The van der Waals surface area contributed by atoms with E-state index >= 15 is 0 Å². The van der Waals surface area contributed by atoms with Gasteiger partial charge >= 0.3 is 0 Å². The standard InChI is InChI=1S/C24H39N5O2S/c1-28(2)20-10-8-17(9-11-20)18-12-22-23(15-26-24(22)25-13-18)19-14-27-29(16-19)32(30,31)21-6-4-3-5-7-21/h3-7,17-20,22-27H,8-16H2,1-2H3. The van der Waals surface area contributed by atoms with Crippen LogP contribution in [0.1, 0.15) is 32.1 Å². The van der Waals surface area contributed by atoms with E-state index < -0.39 is 10.0 Å². The summed E-state index contributed by atoms with van der Waals surface area (Å²) in [5.41, 5.74) is 3.20. The van der Waals surface area contributed by atoms with E-state index in [0.29, 0.717) is 35.4 Å². The number of sulfonamides is 1. The number of nitrogens with zero attached hydrogens (tertiary/aromatic N) is 2. The van der Waals surface area contributed by atoms with E-state index in [1.165, 1.54) is 36.5 Å². The summed E-state index contributed by atoms with van der Waals surface area (Å²) in [6.45, 7) is 3.40. The van der Waals surface area contributed by atoms with Crippen molar-refractivity contribution in [3.63, 3.8) is 0 Å². The number of hydrogen-bond acceptors (Lipinski definition) is 6. The molecule has 1 aromatic rings. The Labute approximate surface area is 193 Å². The molecule has 1 aliphatic carbocycles. The lowest BCUT2D eigenvalue weighted by atomic mass is 9.69. The molecule has 5 rings (SSSR count). The molecule has 178 valence electrons. The lowest BCUT2D eigenvalue weighted by molar-refractivity contribution is 0.0972. The second-order valence-electron chi connectivity index (χ2n) is 10.6. The molecule has 0 amide bonds. The number of fused-ring (bicyclic) bond motifs is 1. The van der Waals surface area contributed by atoms with Gasteiger partial charge in [-0.05, 0) is 94.5 Å². The fourth-order valence-electron chi connectivity index (χ4n) is 6.77. The second-order valence-corrected chi connectivity index (χ2v) is 12.5. The van der Waals surface area contributed by atoms with Crippen molar-refractivity contribution in [2.24, 2.45) is 29.6 Å². The lowest BCUT2D eigenvalue weighted by Crippen LogP contribution is -2.51. The Kier molecular flexibility index (Phi) is 6.62. The predicted octanol–water partition coefficient (Wildman–Crippen LogP) is 1.70. The first kappa shape index (κ1) is 22.7. The van der Waals surface area contributed by atoms with Gasteiger partial charge in [0.25, 0.3) is 10.0 Å². The van der Waals surface area contributed by atoms with Crippen LogP contribution in [0.3, 0.4) is 0 Å². The van der Waals surface area contributed by atoms with E-state index in [1.807, 2.05) is 6.07 Å². The molecule has 0 spiro atoms. The van der Waals surface area contributed by atoms with Gasteiger partial charge in [0, 0.05) is 25.7 Å². The van der Waals surface area contributed by atoms with Crippen LogP contribution in [0.25, 0.3) is 0 Å². The van der Waals surface area contributed by atoms with E-state index in [1.54, 1.807) is 24.3 Å². The molecule has 4 fully saturated rings. The van der Waals surface area contributed by atoms with Crippen molar-refractivity contribution in [1.82, 2.24) is 25.4 Å². The van der Waals surface area contributed by atoms with Crippen molar-refractivity contribution in [2.45, 2.75) is 49.2 Å². The summed E-state index contributed by atoms with van der Waals surface area (Å²) in [6.07, 6.45) is 6.99. The molecular formula is C24H39N5O2S. The molecule has 4 aliphatic rings. The Balaban J connectivity index is 1.21. The Morgan fingerprint density at radius 1 is 0.875 bits per heavy atom. The highest BCUT2D eigenvalue weighted by atomic mass is 32.2. The van der Waals surface area contributed by atoms with Crippen LogP contribution in [0.2, 0.25) is 0 Å². The fourth-order valence-corrected chi connectivity index (χ4v) is 8.16. The maximum absolute atomic E-state index is 13.0. The average molecular weight is 462 g/mol. The monoisotopic (exact) mass is 461 g/mol.